The van der Waals surface area contributed by atoms with E-state index in [9.17, 15) is 27.6 Å². The molecule has 0 aliphatic rings. The Labute approximate surface area is 174 Å². The summed E-state index contributed by atoms with van der Waals surface area (Å²) >= 11 is 0. The maximum absolute atomic E-state index is 12.7. The number of nitrogens with one attached hydrogen (secondary N) is 1. The Kier molecular flexibility index (Phi) is 8.08. The molecule has 0 radical (unpaired) electrons. The highest BCUT2D eigenvalue weighted by molar-refractivity contribution is 6.10. The maximum Gasteiger partial charge on any atom is 0.387 e. The quantitative estimate of drug-likeness (QED) is 0.352. The topological polar surface area (TPSA) is 89.8 Å². The molecule has 0 spiro atoms. The van der Waals surface area contributed by atoms with E-state index in [0.717, 1.165) is 24.3 Å². The summed E-state index contributed by atoms with van der Waals surface area (Å²) in [6.45, 7) is -6.46. The highest BCUT2D eigenvalue weighted by Gasteiger charge is 2.16. The van der Waals surface area contributed by atoms with Gasteiger partial charge in [-0.3, -0.25) is 4.79 Å². The van der Waals surface area contributed by atoms with Gasteiger partial charge in [0.15, 0.2) is 11.5 Å². The van der Waals surface area contributed by atoms with Crippen LogP contribution in [0.25, 0.3) is 6.08 Å². The molecule has 0 unspecified atom stereocenters. The van der Waals surface area contributed by atoms with Crippen molar-refractivity contribution in [1.82, 2.24) is 0 Å². The van der Waals surface area contributed by atoms with Crippen molar-refractivity contribution in [3.05, 3.63) is 47.5 Å². The Bertz CT molecular complexity index is 1010. The van der Waals surface area contributed by atoms with Gasteiger partial charge in [0.2, 0.25) is 0 Å². The number of methoxy groups -OCH3 is 2. The number of halogens is 4. The number of carbonyl (C=O) groups excluding carboxylic acids is 1. The lowest BCUT2D eigenvalue weighted by atomic mass is 10.1. The fraction of sp³-hybridized carbons (Fsp3) is 0.200. The number of nitrogens with zero attached hydrogens (tertiary/aromatic N) is 1. The number of anilines is 1. The molecule has 0 aromatic heterocycles. The molecule has 0 saturated heterocycles. The van der Waals surface area contributed by atoms with Gasteiger partial charge in [-0.1, -0.05) is 0 Å². The number of rotatable bonds is 9. The van der Waals surface area contributed by atoms with Crippen molar-refractivity contribution in [1.29, 1.82) is 5.26 Å². The summed E-state index contributed by atoms with van der Waals surface area (Å²) in [6.07, 6.45) is 0.972. The van der Waals surface area contributed by atoms with E-state index in [-0.39, 0.29) is 11.3 Å². The van der Waals surface area contributed by atoms with Crippen LogP contribution >= 0.6 is 0 Å². The molecule has 0 fully saturated rings. The molecular weight excluding hydrogens is 424 g/mol. The lowest BCUT2D eigenvalue weighted by Gasteiger charge is -2.12. The van der Waals surface area contributed by atoms with Crippen molar-refractivity contribution in [2.24, 2.45) is 0 Å². The number of hydrogen-bond donors (Lipinski definition) is 1. The van der Waals surface area contributed by atoms with Crippen LogP contribution in [0.4, 0.5) is 23.2 Å². The minimum Gasteiger partial charge on any atom is -0.493 e. The molecule has 2 aromatic carbocycles. The first kappa shape index (κ1) is 23.3. The van der Waals surface area contributed by atoms with Gasteiger partial charge in [0, 0.05) is 23.4 Å². The van der Waals surface area contributed by atoms with Gasteiger partial charge in [0.05, 0.1) is 14.2 Å². The van der Waals surface area contributed by atoms with Crippen LogP contribution in [0.5, 0.6) is 23.0 Å². The molecular formula is C20H16F4N2O5. The summed E-state index contributed by atoms with van der Waals surface area (Å²) in [5.41, 5.74) is -0.314. The zero-order valence-corrected chi connectivity index (χ0v) is 16.2. The first-order chi connectivity index (χ1) is 14.8. The van der Waals surface area contributed by atoms with Crippen molar-refractivity contribution in [2.45, 2.75) is 13.2 Å². The van der Waals surface area contributed by atoms with Crippen LogP contribution in [0.1, 0.15) is 5.56 Å². The lowest BCUT2D eigenvalue weighted by Crippen LogP contribution is -2.13. The molecule has 0 atom stereocenters. The van der Waals surface area contributed by atoms with E-state index in [4.69, 9.17) is 9.47 Å². The third-order valence-corrected chi connectivity index (χ3v) is 3.73. The van der Waals surface area contributed by atoms with Gasteiger partial charge in [0.25, 0.3) is 5.91 Å². The zero-order chi connectivity index (χ0) is 23.0. The van der Waals surface area contributed by atoms with E-state index < -0.39 is 36.2 Å². The van der Waals surface area contributed by atoms with Gasteiger partial charge < -0.3 is 24.3 Å². The normalized spacial score (nSPS) is 11.1. The third kappa shape index (κ3) is 6.53. The van der Waals surface area contributed by atoms with Crippen LogP contribution in [0.15, 0.2) is 42.0 Å². The smallest absolute Gasteiger partial charge is 0.387 e. The van der Waals surface area contributed by atoms with E-state index in [1.165, 1.54) is 32.4 Å². The number of ether oxygens (including phenoxy) is 4. The SMILES string of the molecule is COc1ccc(NC(=O)/C(C#N)=C/c2ccc(OC(F)F)cc2OC(F)F)cc1OC. The molecule has 2 aromatic rings. The summed E-state index contributed by atoms with van der Waals surface area (Å²) in [4.78, 5) is 12.5. The Hall–Kier alpha value is -3.94. The summed E-state index contributed by atoms with van der Waals surface area (Å²) in [6, 6.07) is 9.07. The first-order valence-corrected chi connectivity index (χ1v) is 8.46. The van der Waals surface area contributed by atoms with Crippen molar-refractivity contribution in [3.8, 4) is 29.1 Å². The molecule has 2 rings (SSSR count). The standard InChI is InChI=1S/C20H16F4N2O5/c1-28-15-6-4-13(8-17(15)29-2)26-18(27)12(10-25)7-11-3-5-14(30-19(21)22)9-16(11)31-20(23)24/h3-9,19-20H,1-2H3,(H,26,27)/b12-7+. The van der Waals surface area contributed by atoms with Crippen LogP contribution in [0.2, 0.25) is 0 Å². The van der Waals surface area contributed by atoms with Crippen molar-refractivity contribution >= 4 is 17.7 Å². The fourth-order valence-electron chi connectivity index (χ4n) is 2.42. The van der Waals surface area contributed by atoms with Gasteiger partial charge in [-0.25, -0.2) is 0 Å². The molecule has 0 saturated carbocycles. The van der Waals surface area contributed by atoms with Gasteiger partial charge in [-0.05, 0) is 30.3 Å². The Morgan fingerprint density at radius 2 is 1.65 bits per heavy atom. The van der Waals surface area contributed by atoms with Crippen molar-refractivity contribution in [2.75, 3.05) is 19.5 Å². The minimum atomic E-state index is -3.28. The summed E-state index contributed by atoms with van der Waals surface area (Å²) in [5, 5.41) is 11.8. The monoisotopic (exact) mass is 440 g/mol. The van der Waals surface area contributed by atoms with Crippen LogP contribution in [0, 0.1) is 11.3 Å². The van der Waals surface area contributed by atoms with E-state index in [1.54, 1.807) is 6.07 Å². The predicted molar refractivity (Wildman–Crippen MR) is 101 cm³/mol. The lowest BCUT2D eigenvalue weighted by molar-refractivity contribution is -0.112. The second-order valence-electron chi connectivity index (χ2n) is 5.65. The predicted octanol–water partition coefficient (Wildman–Crippen LogP) is 4.45. The van der Waals surface area contributed by atoms with E-state index >= 15 is 0 Å². The Balaban J connectivity index is 2.33. The van der Waals surface area contributed by atoms with Gasteiger partial charge in [-0.2, -0.15) is 22.8 Å². The highest BCUT2D eigenvalue weighted by Crippen LogP contribution is 2.31. The molecule has 0 aliphatic carbocycles. The molecule has 1 amide bonds. The zero-order valence-electron chi connectivity index (χ0n) is 16.2. The average molecular weight is 440 g/mol. The summed E-state index contributed by atoms with van der Waals surface area (Å²) < 4.78 is 68.8. The van der Waals surface area contributed by atoms with E-state index in [1.807, 2.05) is 0 Å². The Morgan fingerprint density at radius 3 is 2.23 bits per heavy atom. The second kappa shape index (κ2) is 10.7. The first-order valence-electron chi connectivity index (χ1n) is 8.46. The Morgan fingerprint density at radius 1 is 0.968 bits per heavy atom. The van der Waals surface area contributed by atoms with Crippen LogP contribution < -0.4 is 24.3 Å². The minimum absolute atomic E-state index is 0.124. The summed E-state index contributed by atoms with van der Waals surface area (Å²) in [7, 11) is 2.83. The molecule has 164 valence electrons. The van der Waals surface area contributed by atoms with Gasteiger partial charge in [0.1, 0.15) is 23.1 Å². The van der Waals surface area contributed by atoms with Crippen LogP contribution in [-0.2, 0) is 4.79 Å². The average Bonchev–Trinajstić information content (AvgIpc) is 2.72. The van der Waals surface area contributed by atoms with Gasteiger partial charge >= 0.3 is 13.2 Å². The molecule has 11 heteroatoms. The van der Waals surface area contributed by atoms with E-state index in [2.05, 4.69) is 14.8 Å². The van der Waals surface area contributed by atoms with Gasteiger partial charge in [-0.15, -0.1) is 0 Å². The molecule has 0 aliphatic heterocycles. The number of nitriles is 1. The van der Waals surface area contributed by atoms with Crippen molar-refractivity contribution < 1.29 is 41.3 Å². The summed E-state index contributed by atoms with van der Waals surface area (Å²) in [5.74, 6) is -1.11. The number of hydrogen-bond acceptors (Lipinski definition) is 6. The third-order valence-electron chi connectivity index (χ3n) is 3.73. The number of carbonyl (C=O) groups is 1. The molecule has 1 N–H and O–H groups in total. The number of benzene rings is 2. The fourth-order valence-corrected chi connectivity index (χ4v) is 2.42. The molecule has 31 heavy (non-hydrogen) atoms. The van der Waals surface area contributed by atoms with Crippen LogP contribution in [-0.4, -0.2) is 33.3 Å². The second-order valence-corrected chi connectivity index (χ2v) is 5.65. The molecule has 7 nitrogen and oxygen atoms in total. The molecule has 0 bridgehead atoms. The number of alkyl halides is 4. The highest BCUT2D eigenvalue weighted by atomic mass is 19.3. The van der Waals surface area contributed by atoms with Crippen LogP contribution in [0.3, 0.4) is 0 Å². The van der Waals surface area contributed by atoms with Crippen molar-refractivity contribution in [3.63, 3.8) is 0 Å². The van der Waals surface area contributed by atoms with E-state index in [0.29, 0.717) is 11.5 Å². The molecule has 0 heterocycles. The maximum atomic E-state index is 12.7. The number of amides is 1. The largest absolute Gasteiger partial charge is 0.493 e.